The van der Waals surface area contributed by atoms with E-state index in [2.05, 4.69) is 12.8 Å². The largest absolute Gasteiger partial charge is 0.494 e. The molecule has 0 aromatic heterocycles. The Bertz CT molecular complexity index is 389. The van der Waals surface area contributed by atoms with Crippen LogP contribution in [0.15, 0.2) is 30.5 Å². The average molecular weight is 207 g/mol. The summed E-state index contributed by atoms with van der Waals surface area (Å²) in [5, 5.41) is 0. The highest BCUT2D eigenvalue weighted by Gasteiger charge is 2.16. The van der Waals surface area contributed by atoms with E-state index in [4.69, 9.17) is 4.74 Å². The van der Waals surface area contributed by atoms with Crippen molar-refractivity contribution in [2.24, 2.45) is 0 Å². The van der Waals surface area contributed by atoms with Crippen molar-refractivity contribution in [3.05, 3.63) is 41.7 Å². The lowest BCUT2D eigenvalue weighted by molar-refractivity contribution is -0.112. The van der Waals surface area contributed by atoms with Gasteiger partial charge in [0, 0.05) is 5.56 Å². The second-order valence-corrected chi connectivity index (χ2v) is 3.35. The average Bonchev–Trinajstić information content (AvgIpc) is 2.27. The number of fused-ring (bicyclic) bond motifs is 1. The molecule has 72 valence electrons. The van der Waals surface area contributed by atoms with Crippen LogP contribution in [-0.2, 0) is 16.1 Å². The summed E-state index contributed by atoms with van der Waals surface area (Å²) in [6.07, 6.45) is 2.18. The molecule has 1 aliphatic heterocycles. The van der Waals surface area contributed by atoms with Crippen molar-refractivity contribution < 1.29 is 9.53 Å². The van der Waals surface area contributed by atoms with Gasteiger partial charge in [-0.05, 0) is 5.56 Å². The Morgan fingerprint density at radius 3 is 3.00 bits per heavy atom. The van der Waals surface area contributed by atoms with Crippen molar-refractivity contribution in [2.45, 2.75) is 6.61 Å². The van der Waals surface area contributed by atoms with Crippen LogP contribution >= 0.6 is 12.8 Å². The van der Waals surface area contributed by atoms with Crippen LogP contribution in [0.3, 0.4) is 0 Å². The Morgan fingerprint density at radius 1 is 1.43 bits per heavy atom. The van der Waals surface area contributed by atoms with Gasteiger partial charge in [-0.2, -0.15) is 0 Å². The molecule has 3 nitrogen and oxygen atoms in total. The molecule has 0 bridgehead atoms. The van der Waals surface area contributed by atoms with E-state index in [1.807, 2.05) is 24.3 Å². The van der Waals surface area contributed by atoms with E-state index in [0.717, 1.165) is 11.1 Å². The third kappa shape index (κ3) is 1.48. The topological polar surface area (TPSA) is 29.5 Å². The molecule has 1 amide bonds. The number of benzene rings is 1. The number of carbonyl (C=O) groups excluding carboxylic acids is 1. The third-order valence-electron chi connectivity index (χ3n) is 2.07. The van der Waals surface area contributed by atoms with Gasteiger partial charge in [-0.25, -0.2) is 0 Å². The van der Waals surface area contributed by atoms with Gasteiger partial charge in [0.2, 0.25) is 6.41 Å². The van der Waals surface area contributed by atoms with Crippen LogP contribution < -0.4 is 0 Å². The molecule has 1 heterocycles. The van der Waals surface area contributed by atoms with Crippen LogP contribution in [0.5, 0.6) is 0 Å². The number of nitrogens with zero attached hydrogens (tertiary/aromatic N) is 1. The summed E-state index contributed by atoms with van der Waals surface area (Å²) in [5.41, 5.74) is 2.72. The molecule has 0 radical (unpaired) electrons. The van der Waals surface area contributed by atoms with Gasteiger partial charge in [-0.1, -0.05) is 37.1 Å². The minimum absolute atomic E-state index is 0.542. The van der Waals surface area contributed by atoms with E-state index in [-0.39, 0.29) is 0 Å². The molecule has 0 spiro atoms. The van der Waals surface area contributed by atoms with E-state index in [1.165, 1.54) is 4.31 Å². The molecule has 0 N–H and O–H groups in total. The van der Waals surface area contributed by atoms with Gasteiger partial charge in [0.05, 0.1) is 5.70 Å². The van der Waals surface area contributed by atoms with Crippen LogP contribution in [0.25, 0.3) is 5.70 Å². The van der Waals surface area contributed by atoms with E-state index in [0.29, 0.717) is 18.7 Å². The number of hydrogen-bond donors (Lipinski definition) is 1. The van der Waals surface area contributed by atoms with E-state index >= 15 is 0 Å². The number of carbonyl (C=O) groups is 1. The number of thiol groups is 1. The fourth-order valence-corrected chi connectivity index (χ4v) is 1.56. The van der Waals surface area contributed by atoms with E-state index < -0.39 is 0 Å². The Hall–Kier alpha value is -1.42. The number of rotatable bonds is 2. The normalized spacial score (nSPS) is 13.6. The zero-order valence-corrected chi connectivity index (χ0v) is 8.28. The molecule has 0 aliphatic carbocycles. The zero-order chi connectivity index (χ0) is 9.97. The van der Waals surface area contributed by atoms with Crippen molar-refractivity contribution in [3.63, 3.8) is 0 Å². The minimum Gasteiger partial charge on any atom is -0.494 e. The zero-order valence-electron chi connectivity index (χ0n) is 7.38. The molecule has 0 fully saturated rings. The third-order valence-corrected chi connectivity index (χ3v) is 2.38. The first kappa shape index (κ1) is 9.15. The maximum absolute atomic E-state index is 10.6. The minimum atomic E-state index is 0.542. The maximum Gasteiger partial charge on any atom is 0.224 e. The molecule has 14 heavy (non-hydrogen) atoms. The van der Waals surface area contributed by atoms with Crippen molar-refractivity contribution in [2.75, 3.05) is 0 Å². The van der Waals surface area contributed by atoms with Gasteiger partial charge in [0.25, 0.3) is 0 Å². The predicted octanol–water partition coefficient (Wildman–Crippen LogP) is 1.82. The monoisotopic (exact) mass is 207 g/mol. The lowest BCUT2D eigenvalue weighted by atomic mass is 10.0. The van der Waals surface area contributed by atoms with Crippen LogP contribution in [-0.4, -0.2) is 10.7 Å². The van der Waals surface area contributed by atoms with Gasteiger partial charge in [-0.15, -0.1) is 0 Å². The number of amides is 1. The molecule has 0 saturated heterocycles. The fraction of sp³-hybridized carbons (Fsp3) is 0.100. The second-order valence-electron chi connectivity index (χ2n) is 2.92. The molecular weight excluding hydrogens is 198 g/mol. The molecule has 1 aromatic carbocycles. The van der Waals surface area contributed by atoms with Gasteiger partial charge in [0.15, 0.2) is 0 Å². The van der Waals surface area contributed by atoms with Crippen molar-refractivity contribution in [1.82, 2.24) is 4.31 Å². The summed E-state index contributed by atoms with van der Waals surface area (Å²) in [7, 11) is 0. The quantitative estimate of drug-likeness (QED) is 0.592. The first-order chi connectivity index (χ1) is 6.83. The van der Waals surface area contributed by atoms with Crippen LogP contribution in [0.4, 0.5) is 0 Å². The van der Waals surface area contributed by atoms with E-state index in [1.54, 1.807) is 6.26 Å². The predicted molar refractivity (Wildman–Crippen MR) is 56.1 cm³/mol. The van der Waals surface area contributed by atoms with Crippen LogP contribution in [0.1, 0.15) is 11.1 Å². The molecule has 0 saturated carbocycles. The summed E-state index contributed by atoms with van der Waals surface area (Å²) in [5.74, 6) is 0. The van der Waals surface area contributed by atoms with Crippen LogP contribution in [0.2, 0.25) is 0 Å². The van der Waals surface area contributed by atoms with Crippen LogP contribution in [0, 0.1) is 0 Å². The Morgan fingerprint density at radius 2 is 2.21 bits per heavy atom. The molecule has 2 rings (SSSR count). The lowest BCUT2D eigenvalue weighted by Gasteiger charge is -2.21. The first-order valence-electron chi connectivity index (χ1n) is 4.16. The van der Waals surface area contributed by atoms with Gasteiger partial charge in [-0.3, -0.25) is 9.10 Å². The summed E-state index contributed by atoms with van der Waals surface area (Å²) in [6, 6.07) is 7.77. The highest BCUT2D eigenvalue weighted by Crippen LogP contribution is 2.27. The molecule has 0 atom stereocenters. The first-order valence-corrected chi connectivity index (χ1v) is 4.56. The van der Waals surface area contributed by atoms with Crippen molar-refractivity contribution >= 4 is 24.9 Å². The van der Waals surface area contributed by atoms with Gasteiger partial charge in [0.1, 0.15) is 12.9 Å². The van der Waals surface area contributed by atoms with Crippen molar-refractivity contribution in [1.29, 1.82) is 0 Å². The van der Waals surface area contributed by atoms with Crippen molar-refractivity contribution in [3.8, 4) is 0 Å². The van der Waals surface area contributed by atoms with Gasteiger partial charge >= 0.3 is 0 Å². The molecule has 0 unspecified atom stereocenters. The molecule has 1 aromatic rings. The van der Waals surface area contributed by atoms with Gasteiger partial charge < -0.3 is 4.74 Å². The molecule has 1 aliphatic rings. The SMILES string of the molecule is O=CN(S)C1=COCc2ccccc21. The maximum atomic E-state index is 10.6. The second kappa shape index (κ2) is 3.75. The number of ether oxygens (including phenoxy) is 1. The smallest absolute Gasteiger partial charge is 0.224 e. The molecular formula is C10H9NO2S. The number of hydrogen-bond acceptors (Lipinski definition) is 3. The highest BCUT2D eigenvalue weighted by molar-refractivity contribution is 7.78. The fourth-order valence-electron chi connectivity index (χ4n) is 1.40. The standard InChI is InChI=1S/C10H9NO2S/c12-7-11(14)10-6-13-5-8-3-1-2-4-9(8)10/h1-4,6-7,14H,5H2. The summed E-state index contributed by atoms with van der Waals surface area (Å²) in [4.78, 5) is 10.6. The Balaban J connectivity index is 2.45. The molecule has 4 heteroatoms. The Labute approximate surface area is 87.5 Å². The Kier molecular flexibility index (Phi) is 2.45. The highest BCUT2D eigenvalue weighted by atomic mass is 32.1. The lowest BCUT2D eigenvalue weighted by Crippen LogP contribution is -2.13. The summed E-state index contributed by atoms with van der Waals surface area (Å²) in [6.45, 7) is 0.542. The van der Waals surface area contributed by atoms with E-state index in [9.17, 15) is 4.79 Å². The summed E-state index contributed by atoms with van der Waals surface area (Å²) >= 11 is 4.01. The summed E-state index contributed by atoms with van der Waals surface area (Å²) < 4.78 is 6.43.